The highest BCUT2D eigenvalue weighted by atomic mass is 32.1. The summed E-state index contributed by atoms with van der Waals surface area (Å²) in [6.45, 7) is 7.63. The average Bonchev–Trinajstić information content (AvgIpc) is 3.19. The maximum Gasteiger partial charge on any atom is 0.194 e. The summed E-state index contributed by atoms with van der Waals surface area (Å²) in [5, 5.41) is 0. The summed E-state index contributed by atoms with van der Waals surface area (Å²) in [4.78, 5) is 9.47. The van der Waals surface area contributed by atoms with Gasteiger partial charge in [-0.1, -0.05) is 0 Å². The van der Waals surface area contributed by atoms with Crippen molar-refractivity contribution in [3.63, 3.8) is 0 Å². The average molecular weight is 317 g/mol. The predicted molar refractivity (Wildman–Crippen MR) is 85.2 cm³/mol. The molecule has 3 aromatic heterocycles. The van der Waals surface area contributed by atoms with Crippen LogP contribution in [0.5, 0.6) is 0 Å². The van der Waals surface area contributed by atoms with Gasteiger partial charge in [-0.3, -0.25) is 9.30 Å². The van der Waals surface area contributed by atoms with Crippen molar-refractivity contribution >= 4 is 16.3 Å². The molecule has 0 N–H and O–H groups in total. The number of rotatable bonds is 3. The molecule has 5 nitrogen and oxygen atoms in total. The SMILES string of the molecule is Cc1cn2c(CN3CCO[C@H](c4ccco4)C3)c(C)nc2s1. The van der Waals surface area contributed by atoms with Gasteiger partial charge in [0.05, 0.1) is 24.3 Å². The Hall–Kier alpha value is -1.63. The highest BCUT2D eigenvalue weighted by Gasteiger charge is 2.25. The zero-order valence-corrected chi connectivity index (χ0v) is 13.6. The van der Waals surface area contributed by atoms with Crippen LogP contribution in [-0.4, -0.2) is 34.0 Å². The van der Waals surface area contributed by atoms with Crippen molar-refractivity contribution in [2.24, 2.45) is 0 Å². The molecule has 0 aliphatic carbocycles. The molecule has 1 atom stereocenters. The van der Waals surface area contributed by atoms with Gasteiger partial charge in [0, 0.05) is 30.7 Å². The lowest BCUT2D eigenvalue weighted by molar-refractivity contribution is -0.0432. The number of aryl methyl sites for hydroxylation is 2. The Kier molecular flexibility index (Phi) is 3.52. The molecule has 4 heterocycles. The van der Waals surface area contributed by atoms with Gasteiger partial charge in [-0.05, 0) is 26.0 Å². The standard InChI is InChI=1S/C16H19N3O2S/c1-11-8-19-13(12(2)17-16(19)22-11)9-18-5-7-21-15(10-18)14-4-3-6-20-14/h3-4,6,8,15H,5,7,9-10H2,1-2H3/t15-/m0/s1. The molecule has 22 heavy (non-hydrogen) atoms. The van der Waals surface area contributed by atoms with Crippen LogP contribution in [0.4, 0.5) is 0 Å². The Morgan fingerprint density at radius 2 is 2.32 bits per heavy atom. The summed E-state index contributed by atoms with van der Waals surface area (Å²) in [6.07, 6.45) is 3.91. The van der Waals surface area contributed by atoms with E-state index in [0.29, 0.717) is 0 Å². The first-order valence-corrected chi connectivity index (χ1v) is 8.33. The van der Waals surface area contributed by atoms with E-state index in [4.69, 9.17) is 9.15 Å². The third-order valence-electron chi connectivity index (χ3n) is 4.13. The van der Waals surface area contributed by atoms with Gasteiger partial charge in [0.15, 0.2) is 4.96 Å². The molecule has 6 heteroatoms. The van der Waals surface area contributed by atoms with Crippen LogP contribution in [0.3, 0.4) is 0 Å². The number of thiazole rings is 1. The number of nitrogens with zero attached hydrogens (tertiary/aromatic N) is 3. The zero-order valence-electron chi connectivity index (χ0n) is 12.8. The second-order valence-corrected chi connectivity index (χ2v) is 6.96. The van der Waals surface area contributed by atoms with Crippen LogP contribution in [0.1, 0.15) is 28.1 Å². The van der Waals surface area contributed by atoms with E-state index in [1.807, 2.05) is 12.1 Å². The molecule has 3 aromatic rings. The lowest BCUT2D eigenvalue weighted by Crippen LogP contribution is -2.38. The van der Waals surface area contributed by atoms with Gasteiger partial charge in [0.1, 0.15) is 11.9 Å². The number of morpholine rings is 1. The van der Waals surface area contributed by atoms with Gasteiger partial charge in [0.2, 0.25) is 0 Å². The van der Waals surface area contributed by atoms with Crippen LogP contribution < -0.4 is 0 Å². The molecule has 0 radical (unpaired) electrons. The zero-order chi connectivity index (χ0) is 15.1. The van der Waals surface area contributed by atoms with Crippen LogP contribution in [0.25, 0.3) is 4.96 Å². The van der Waals surface area contributed by atoms with Crippen LogP contribution in [0.15, 0.2) is 29.0 Å². The first kappa shape index (κ1) is 14.0. The van der Waals surface area contributed by atoms with Crippen molar-refractivity contribution < 1.29 is 9.15 Å². The number of ether oxygens (including phenoxy) is 1. The van der Waals surface area contributed by atoms with Gasteiger partial charge < -0.3 is 9.15 Å². The second kappa shape index (κ2) is 5.53. The summed E-state index contributed by atoms with van der Waals surface area (Å²) in [6, 6.07) is 3.90. The van der Waals surface area contributed by atoms with Crippen molar-refractivity contribution in [3.05, 3.63) is 46.6 Å². The monoisotopic (exact) mass is 317 g/mol. The number of hydrogen-bond acceptors (Lipinski definition) is 5. The summed E-state index contributed by atoms with van der Waals surface area (Å²) in [5.41, 5.74) is 2.40. The van der Waals surface area contributed by atoms with Crippen LogP contribution in [0.2, 0.25) is 0 Å². The molecule has 0 bridgehead atoms. The summed E-state index contributed by atoms with van der Waals surface area (Å²) >= 11 is 1.74. The smallest absolute Gasteiger partial charge is 0.194 e. The maximum atomic E-state index is 5.84. The van der Waals surface area contributed by atoms with Crippen molar-refractivity contribution in [1.82, 2.24) is 14.3 Å². The molecule has 1 fully saturated rings. The molecule has 0 spiro atoms. The lowest BCUT2D eigenvalue weighted by Gasteiger charge is -2.31. The van der Waals surface area contributed by atoms with Gasteiger partial charge >= 0.3 is 0 Å². The Labute approximate surface area is 133 Å². The van der Waals surface area contributed by atoms with Crippen molar-refractivity contribution in [1.29, 1.82) is 0 Å². The molecular formula is C16H19N3O2S. The minimum atomic E-state index is 0.0247. The number of hydrogen-bond donors (Lipinski definition) is 0. The van der Waals surface area contributed by atoms with E-state index in [9.17, 15) is 0 Å². The molecule has 1 aliphatic heterocycles. The normalized spacial score (nSPS) is 20.0. The Bertz CT molecular complexity index is 775. The molecule has 0 aromatic carbocycles. The third kappa shape index (κ3) is 2.47. The van der Waals surface area contributed by atoms with E-state index >= 15 is 0 Å². The molecule has 0 saturated carbocycles. The van der Waals surface area contributed by atoms with E-state index in [0.717, 1.165) is 42.7 Å². The minimum absolute atomic E-state index is 0.0247. The van der Waals surface area contributed by atoms with Crippen molar-refractivity contribution in [2.45, 2.75) is 26.5 Å². The highest BCUT2D eigenvalue weighted by Crippen LogP contribution is 2.26. The largest absolute Gasteiger partial charge is 0.467 e. The number of aromatic nitrogens is 2. The summed E-state index contributed by atoms with van der Waals surface area (Å²) in [7, 11) is 0. The van der Waals surface area contributed by atoms with Crippen molar-refractivity contribution in [3.8, 4) is 0 Å². The molecular weight excluding hydrogens is 298 g/mol. The van der Waals surface area contributed by atoms with Gasteiger partial charge in [-0.25, -0.2) is 4.98 Å². The number of furan rings is 1. The fourth-order valence-corrected chi connectivity index (χ4v) is 3.89. The van der Waals surface area contributed by atoms with Crippen LogP contribution in [-0.2, 0) is 11.3 Å². The van der Waals surface area contributed by atoms with Gasteiger partial charge in [-0.15, -0.1) is 11.3 Å². The van der Waals surface area contributed by atoms with Gasteiger partial charge in [-0.2, -0.15) is 0 Å². The molecule has 0 unspecified atom stereocenters. The topological polar surface area (TPSA) is 42.9 Å². The predicted octanol–water partition coefficient (Wildman–Crippen LogP) is 3.18. The van der Waals surface area contributed by atoms with E-state index in [1.54, 1.807) is 17.6 Å². The molecule has 1 saturated heterocycles. The fourth-order valence-electron chi connectivity index (χ4n) is 3.00. The number of imidazole rings is 1. The van der Waals surface area contributed by atoms with Crippen LogP contribution >= 0.6 is 11.3 Å². The van der Waals surface area contributed by atoms with Gasteiger partial charge in [0.25, 0.3) is 0 Å². The highest BCUT2D eigenvalue weighted by molar-refractivity contribution is 7.17. The van der Waals surface area contributed by atoms with Crippen LogP contribution in [0, 0.1) is 13.8 Å². The second-order valence-electron chi connectivity index (χ2n) is 5.75. The lowest BCUT2D eigenvalue weighted by atomic mass is 10.2. The fraction of sp³-hybridized carbons (Fsp3) is 0.438. The van der Waals surface area contributed by atoms with E-state index in [2.05, 4.69) is 34.3 Å². The Morgan fingerprint density at radius 1 is 1.41 bits per heavy atom. The summed E-state index contributed by atoms with van der Waals surface area (Å²) in [5.74, 6) is 0.909. The third-order valence-corrected chi connectivity index (χ3v) is 5.02. The first-order valence-electron chi connectivity index (χ1n) is 7.52. The molecule has 4 rings (SSSR count). The summed E-state index contributed by atoms with van der Waals surface area (Å²) < 4.78 is 13.6. The van der Waals surface area contributed by atoms with E-state index in [-0.39, 0.29) is 6.10 Å². The molecule has 116 valence electrons. The first-order chi connectivity index (χ1) is 10.7. The van der Waals surface area contributed by atoms with Crippen molar-refractivity contribution in [2.75, 3.05) is 19.7 Å². The Balaban J connectivity index is 1.55. The molecule has 1 aliphatic rings. The quantitative estimate of drug-likeness (QED) is 0.744. The molecule has 0 amide bonds. The maximum absolute atomic E-state index is 5.84. The van der Waals surface area contributed by atoms with E-state index in [1.165, 1.54) is 10.6 Å². The number of fused-ring (bicyclic) bond motifs is 1. The minimum Gasteiger partial charge on any atom is -0.467 e. The Morgan fingerprint density at radius 3 is 3.14 bits per heavy atom. The van der Waals surface area contributed by atoms with E-state index < -0.39 is 0 Å².